The van der Waals surface area contributed by atoms with Crippen molar-refractivity contribution in [2.24, 2.45) is 0 Å². The normalized spacial score (nSPS) is 10.9. The summed E-state index contributed by atoms with van der Waals surface area (Å²) in [6, 6.07) is 2.63. The largest absolute Gasteiger partial charge is 0.492 e. The summed E-state index contributed by atoms with van der Waals surface area (Å²) in [6.45, 7) is 2.50. The maximum atomic E-state index is 11.9. The van der Waals surface area contributed by atoms with Crippen molar-refractivity contribution in [3.05, 3.63) is 38.5 Å². The van der Waals surface area contributed by atoms with Crippen molar-refractivity contribution in [3.63, 3.8) is 0 Å². The number of unbranched alkanes of at least 4 members (excludes halogenated alkanes) is 2. The first-order chi connectivity index (χ1) is 12.8. The summed E-state index contributed by atoms with van der Waals surface area (Å²) in [5.74, 6) is -1.34. The van der Waals surface area contributed by atoms with E-state index in [1.54, 1.807) is 0 Å². The minimum Gasteiger partial charge on any atom is -0.492 e. The molecule has 1 aromatic rings. The summed E-state index contributed by atoms with van der Waals surface area (Å²) in [7, 11) is 2.26. The highest BCUT2D eigenvalue weighted by atomic mass is 79.9. The van der Waals surface area contributed by atoms with E-state index < -0.39 is 16.9 Å². The monoisotopic (exact) mass is 444 g/mol. The van der Waals surface area contributed by atoms with E-state index in [0.717, 1.165) is 39.6 Å². The van der Waals surface area contributed by atoms with Gasteiger partial charge in [0.1, 0.15) is 17.1 Å². The van der Waals surface area contributed by atoms with Gasteiger partial charge in [-0.3, -0.25) is 10.1 Å². The van der Waals surface area contributed by atoms with Crippen molar-refractivity contribution in [2.45, 2.75) is 26.2 Å². The zero-order chi connectivity index (χ0) is 20.4. The standard InChI is InChI=1S/C17H21BrN2O7/c1-4-5-6-7-27-15-9-12(14(20(23)24)8-11(15)18)19-13(17(22)26-3)10-16(21)25-2/h8-10,19H,4-7H2,1-3H3/b13-10+. The van der Waals surface area contributed by atoms with Crippen LogP contribution in [0.15, 0.2) is 28.4 Å². The molecular formula is C17H21BrN2O7. The zero-order valence-corrected chi connectivity index (χ0v) is 16.8. The molecule has 0 atom stereocenters. The van der Waals surface area contributed by atoms with Crippen molar-refractivity contribution >= 4 is 39.2 Å². The first-order valence-corrected chi connectivity index (χ1v) is 8.89. The lowest BCUT2D eigenvalue weighted by atomic mass is 10.2. The van der Waals surface area contributed by atoms with Crippen LogP contribution in [0.3, 0.4) is 0 Å². The summed E-state index contributed by atoms with van der Waals surface area (Å²) >= 11 is 3.24. The maximum absolute atomic E-state index is 11.9. The third-order valence-electron chi connectivity index (χ3n) is 3.39. The van der Waals surface area contributed by atoms with Gasteiger partial charge >= 0.3 is 11.9 Å². The molecule has 0 aliphatic rings. The molecule has 0 spiro atoms. The van der Waals surface area contributed by atoms with Gasteiger partial charge in [0.25, 0.3) is 5.69 Å². The lowest BCUT2D eigenvalue weighted by Gasteiger charge is -2.13. The number of hydrogen-bond donors (Lipinski definition) is 1. The Labute approximate surface area is 164 Å². The number of benzene rings is 1. The van der Waals surface area contributed by atoms with Crippen LogP contribution in [0.1, 0.15) is 26.2 Å². The van der Waals surface area contributed by atoms with E-state index in [-0.39, 0.29) is 17.1 Å². The third-order valence-corrected chi connectivity index (χ3v) is 4.01. The Bertz CT molecular complexity index is 734. The van der Waals surface area contributed by atoms with Gasteiger partial charge < -0.3 is 19.5 Å². The molecule has 0 radical (unpaired) electrons. The van der Waals surface area contributed by atoms with Gasteiger partial charge in [-0.1, -0.05) is 19.8 Å². The number of esters is 2. The van der Waals surface area contributed by atoms with Crippen LogP contribution in [0.25, 0.3) is 0 Å². The van der Waals surface area contributed by atoms with E-state index in [1.165, 1.54) is 12.1 Å². The molecule has 148 valence electrons. The number of nitrogens with one attached hydrogen (secondary N) is 1. The Morgan fingerprint density at radius 3 is 2.52 bits per heavy atom. The highest BCUT2D eigenvalue weighted by Crippen LogP contribution is 2.37. The van der Waals surface area contributed by atoms with Gasteiger partial charge in [0.2, 0.25) is 0 Å². The van der Waals surface area contributed by atoms with E-state index in [4.69, 9.17) is 4.74 Å². The second-order valence-electron chi connectivity index (χ2n) is 5.31. The number of nitrogens with zero attached hydrogens (tertiary/aromatic N) is 1. The summed E-state index contributed by atoms with van der Waals surface area (Å²) in [5, 5.41) is 13.9. The topological polar surface area (TPSA) is 117 Å². The van der Waals surface area contributed by atoms with Gasteiger partial charge in [-0.2, -0.15) is 0 Å². The zero-order valence-electron chi connectivity index (χ0n) is 15.2. The Morgan fingerprint density at radius 1 is 1.26 bits per heavy atom. The first kappa shape index (κ1) is 22.4. The van der Waals surface area contributed by atoms with Gasteiger partial charge in [-0.25, -0.2) is 9.59 Å². The Morgan fingerprint density at radius 2 is 1.96 bits per heavy atom. The Hall–Kier alpha value is -2.62. The fraction of sp³-hybridized carbons (Fsp3) is 0.412. The van der Waals surface area contributed by atoms with Crippen LogP contribution in [0.2, 0.25) is 0 Å². The van der Waals surface area contributed by atoms with Gasteiger partial charge in [0.05, 0.1) is 36.3 Å². The lowest BCUT2D eigenvalue weighted by molar-refractivity contribution is -0.384. The van der Waals surface area contributed by atoms with E-state index in [1.807, 2.05) is 0 Å². The van der Waals surface area contributed by atoms with E-state index in [0.29, 0.717) is 16.8 Å². The average molecular weight is 445 g/mol. The van der Waals surface area contributed by atoms with Crippen LogP contribution in [-0.2, 0) is 19.1 Å². The van der Waals surface area contributed by atoms with Gasteiger partial charge in [0, 0.05) is 12.1 Å². The molecule has 1 N–H and O–H groups in total. The molecule has 0 heterocycles. The van der Waals surface area contributed by atoms with E-state index in [9.17, 15) is 19.7 Å². The fourth-order valence-electron chi connectivity index (χ4n) is 2.02. The molecule has 0 aliphatic heterocycles. The number of nitro groups is 1. The molecule has 9 nitrogen and oxygen atoms in total. The van der Waals surface area contributed by atoms with Crippen LogP contribution in [0, 0.1) is 10.1 Å². The Kier molecular flexibility index (Phi) is 9.27. The smallest absolute Gasteiger partial charge is 0.354 e. The first-order valence-electron chi connectivity index (χ1n) is 8.09. The maximum Gasteiger partial charge on any atom is 0.354 e. The van der Waals surface area contributed by atoms with Crippen molar-refractivity contribution in [2.75, 3.05) is 26.1 Å². The molecule has 10 heteroatoms. The SMILES string of the molecule is CCCCCOc1cc(N/C(=C/C(=O)OC)C(=O)OC)c([N+](=O)[O-])cc1Br. The molecule has 0 aliphatic carbocycles. The predicted molar refractivity (Wildman–Crippen MR) is 102 cm³/mol. The number of halogens is 1. The van der Waals surface area contributed by atoms with E-state index in [2.05, 4.69) is 37.6 Å². The van der Waals surface area contributed by atoms with Crippen LogP contribution in [-0.4, -0.2) is 37.7 Å². The number of rotatable bonds is 10. The second kappa shape index (κ2) is 11.2. The third kappa shape index (κ3) is 6.89. The average Bonchev–Trinajstić information content (AvgIpc) is 2.65. The summed E-state index contributed by atoms with van der Waals surface area (Å²) in [5.41, 5.74) is -0.664. The van der Waals surface area contributed by atoms with Crippen molar-refractivity contribution in [3.8, 4) is 5.75 Å². The molecule has 0 saturated carbocycles. The number of hydrogen-bond acceptors (Lipinski definition) is 8. The molecule has 27 heavy (non-hydrogen) atoms. The molecule has 0 unspecified atom stereocenters. The van der Waals surface area contributed by atoms with Crippen LogP contribution in [0.4, 0.5) is 11.4 Å². The number of ether oxygens (including phenoxy) is 3. The Balaban J connectivity index is 3.24. The highest BCUT2D eigenvalue weighted by molar-refractivity contribution is 9.10. The summed E-state index contributed by atoms with van der Waals surface area (Å²) < 4.78 is 15.1. The molecule has 0 fully saturated rings. The van der Waals surface area contributed by atoms with Crippen LogP contribution >= 0.6 is 15.9 Å². The number of anilines is 1. The van der Waals surface area contributed by atoms with Gasteiger partial charge in [-0.15, -0.1) is 0 Å². The second-order valence-corrected chi connectivity index (χ2v) is 6.16. The molecule has 1 rings (SSSR count). The van der Waals surface area contributed by atoms with Crippen molar-refractivity contribution in [1.29, 1.82) is 0 Å². The molecule has 0 bridgehead atoms. The summed E-state index contributed by atoms with van der Waals surface area (Å²) in [6.07, 6.45) is 3.69. The van der Waals surface area contributed by atoms with E-state index >= 15 is 0 Å². The molecule has 0 aromatic heterocycles. The highest BCUT2D eigenvalue weighted by Gasteiger charge is 2.22. The molecule has 0 amide bonds. The predicted octanol–water partition coefficient (Wildman–Crippen LogP) is 3.57. The number of carbonyl (C=O) groups excluding carboxylic acids is 2. The summed E-state index contributed by atoms with van der Waals surface area (Å²) in [4.78, 5) is 34.1. The number of nitro benzene ring substituents is 1. The molecule has 1 aromatic carbocycles. The van der Waals surface area contributed by atoms with Gasteiger partial charge in [-0.05, 0) is 22.4 Å². The quantitative estimate of drug-likeness (QED) is 0.191. The number of methoxy groups -OCH3 is 2. The number of carbonyl (C=O) groups is 2. The van der Waals surface area contributed by atoms with Crippen molar-refractivity contribution < 1.29 is 28.7 Å². The lowest BCUT2D eigenvalue weighted by Crippen LogP contribution is -2.16. The van der Waals surface area contributed by atoms with Gasteiger partial charge in [0.15, 0.2) is 0 Å². The van der Waals surface area contributed by atoms with Crippen LogP contribution < -0.4 is 10.1 Å². The van der Waals surface area contributed by atoms with Crippen molar-refractivity contribution in [1.82, 2.24) is 0 Å². The molecular weight excluding hydrogens is 424 g/mol. The molecule has 0 saturated heterocycles. The van der Waals surface area contributed by atoms with Crippen LogP contribution in [0.5, 0.6) is 5.75 Å². The minimum absolute atomic E-state index is 0.0331. The fourth-order valence-corrected chi connectivity index (χ4v) is 2.46. The minimum atomic E-state index is -0.886.